The van der Waals surface area contributed by atoms with Crippen LogP contribution < -0.4 is 11.2 Å². The Balaban J connectivity index is 2.30. The zero-order valence-electron chi connectivity index (χ0n) is 12.1. The van der Waals surface area contributed by atoms with E-state index in [0.29, 0.717) is 5.82 Å². The average Bonchev–Trinajstić information content (AvgIpc) is 2.81. The minimum Gasteiger partial charge on any atom is -0.332 e. The van der Waals surface area contributed by atoms with Crippen LogP contribution in [-0.2, 0) is 5.41 Å². The largest absolute Gasteiger partial charge is 0.332 e. The highest BCUT2D eigenvalue weighted by atomic mass is 16.2. The summed E-state index contributed by atoms with van der Waals surface area (Å²) in [5, 5.41) is 0. The molecule has 3 N–H and O–H groups in total. The smallest absolute Gasteiger partial charge is 0.327 e. The number of hydrogen-bond donors (Lipinski definition) is 3. The number of benzene rings is 1. The van der Waals surface area contributed by atoms with Crippen LogP contribution in [0, 0.1) is 0 Å². The molecule has 0 bridgehead atoms. The molecule has 6 heteroatoms. The van der Waals surface area contributed by atoms with Gasteiger partial charge in [0.25, 0.3) is 5.56 Å². The molecular formula is C15H16N4O2. The van der Waals surface area contributed by atoms with Crippen molar-refractivity contribution in [2.45, 2.75) is 26.2 Å². The Morgan fingerprint density at radius 3 is 2.43 bits per heavy atom. The first kappa shape index (κ1) is 13.4. The second kappa shape index (κ2) is 4.44. The van der Waals surface area contributed by atoms with E-state index in [0.717, 1.165) is 11.1 Å². The lowest BCUT2D eigenvalue weighted by Crippen LogP contribution is -2.21. The van der Waals surface area contributed by atoms with E-state index in [1.807, 2.05) is 24.3 Å². The number of nitrogens with zero attached hydrogens (tertiary/aromatic N) is 1. The predicted molar refractivity (Wildman–Crippen MR) is 81.5 cm³/mol. The molecule has 0 unspecified atom stereocenters. The van der Waals surface area contributed by atoms with Crippen LogP contribution in [0.25, 0.3) is 22.6 Å². The molecule has 0 aliphatic carbocycles. The molecule has 0 saturated carbocycles. The van der Waals surface area contributed by atoms with Crippen molar-refractivity contribution in [2.24, 2.45) is 0 Å². The second-order valence-electron chi connectivity index (χ2n) is 6.01. The average molecular weight is 284 g/mol. The van der Waals surface area contributed by atoms with Gasteiger partial charge in [-0.2, -0.15) is 0 Å². The van der Waals surface area contributed by atoms with Crippen LogP contribution in [-0.4, -0.2) is 19.9 Å². The monoisotopic (exact) mass is 284 g/mol. The fourth-order valence-electron chi connectivity index (χ4n) is 2.40. The van der Waals surface area contributed by atoms with E-state index in [4.69, 9.17) is 0 Å². The van der Waals surface area contributed by atoms with Crippen LogP contribution in [0.1, 0.15) is 26.3 Å². The van der Waals surface area contributed by atoms with E-state index in [2.05, 4.69) is 40.7 Å². The van der Waals surface area contributed by atoms with Crippen LogP contribution in [0.5, 0.6) is 0 Å². The van der Waals surface area contributed by atoms with Crippen molar-refractivity contribution < 1.29 is 0 Å². The molecule has 0 saturated heterocycles. The van der Waals surface area contributed by atoms with E-state index in [-0.39, 0.29) is 16.6 Å². The van der Waals surface area contributed by atoms with E-state index in [1.165, 1.54) is 0 Å². The number of nitrogens with one attached hydrogen (secondary N) is 3. The maximum absolute atomic E-state index is 11.8. The Hall–Kier alpha value is -2.63. The summed E-state index contributed by atoms with van der Waals surface area (Å²) in [4.78, 5) is 35.1. The highest BCUT2D eigenvalue weighted by molar-refractivity contribution is 5.76. The van der Waals surface area contributed by atoms with Crippen molar-refractivity contribution in [3.05, 3.63) is 50.7 Å². The predicted octanol–water partition coefficient (Wildman–Crippen LogP) is 1.90. The summed E-state index contributed by atoms with van der Waals surface area (Å²) >= 11 is 0. The van der Waals surface area contributed by atoms with Gasteiger partial charge in [-0.05, 0) is 11.0 Å². The molecule has 0 amide bonds. The molecule has 0 aliphatic heterocycles. The maximum Gasteiger partial charge on any atom is 0.327 e. The quantitative estimate of drug-likeness (QED) is 0.637. The Kier molecular flexibility index (Phi) is 2.83. The van der Waals surface area contributed by atoms with E-state index >= 15 is 0 Å². The van der Waals surface area contributed by atoms with Crippen LogP contribution in [0.2, 0.25) is 0 Å². The molecule has 3 rings (SSSR count). The first-order valence-corrected chi connectivity index (χ1v) is 6.68. The summed E-state index contributed by atoms with van der Waals surface area (Å²) in [6, 6.07) is 7.88. The second-order valence-corrected chi connectivity index (χ2v) is 6.01. The van der Waals surface area contributed by atoms with Gasteiger partial charge in [0, 0.05) is 5.56 Å². The van der Waals surface area contributed by atoms with Gasteiger partial charge in [0.1, 0.15) is 11.3 Å². The number of H-pyrrole nitrogens is 3. The molecule has 108 valence electrons. The summed E-state index contributed by atoms with van der Waals surface area (Å²) in [5.74, 6) is 0.572. The first-order chi connectivity index (χ1) is 9.86. The molecule has 0 spiro atoms. The first-order valence-electron chi connectivity index (χ1n) is 6.68. The van der Waals surface area contributed by atoms with Gasteiger partial charge in [0.15, 0.2) is 5.65 Å². The van der Waals surface area contributed by atoms with Crippen LogP contribution in [0.15, 0.2) is 33.9 Å². The fraction of sp³-hybridized carbons (Fsp3) is 0.267. The molecule has 0 aliphatic rings. The summed E-state index contributed by atoms with van der Waals surface area (Å²) in [5.41, 5.74) is 1.48. The highest BCUT2D eigenvalue weighted by Crippen LogP contribution is 2.31. The number of imidazole rings is 1. The molecule has 0 fully saturated rings. The zero-order chi connectivity index (χ0) is 15.2. The number of fused-ring (bicyclic) bond motifs is 1. The van der Waals surface area contributed by atoms with Gasteiger partial charge in [0.2, 0.25) is 0 Å². The van der Waals surface area contributed by atoms with Gasteiger partial charge >= 0.3 is 5.69 Å². The fourth-order valence-corrected chi connectivity index (χ4v) is 2.40. The molecule has 6 nitrogen and oxygen atoms in total. The van der Waals surface area contributed by atoms with Gasteiger partial charge in [-0.25, -0.2) is 9.78 Å². The third-order valence-corrected chi connectivity index (χ3v) is 3.38. The molecule has 2 aromatic heterocycles. The number of rotatable bonds is 1. The van der Waals surface area contributed by atoms with Crippen molar-refractivity contribution in [1.29, 1.82) is 0 Å². The van der Waals surface area contributed by atoms with Crippen molar-refractivity contribution in [2.75, 3.05) is 0 Å². The number of aromatic amines is 3. The molecule has 0 radical (unpaired) electrons. The minimum absolute atomic E-state index is 0.0601. The maximum atomic E-state index is 11.8. The van der Waals surface area contributed by atoms with E-state index in [9.17, 15) is 9.59 Å². The topological polar surface area (TPSA) is 94.4 Å². The lowest BCUT2D eigenvalue weighted by Gasteiger charge is -2.21. The van der Waals surface area contributed by atoms with E-state index in [1.54, 1.807) is 0 Å². The summed E-state index contributed by atoms with van der Waals surface area (Å²) in [6.07, 6.45) is 0. The Bertz CT molecular complexity index is 925. The minimum atomic E-state index is -0.561. The molecule has 1 aromatic carbocycles. The third-order valence-electron chi connectivity index (χ3n) is 3.38. The van der Waals surface area contributed by atoms with Gasteiger partial charge in [-0.3, -0.25) is 14.8 Å². The lowest BCUT2D eigenvalue weighted by atomic mass is 9.83. The molecule has 2 heterocycles. The highest BCUT2D eigenvalue weighted by Gasteiger charge is 2.20. The standard InChI is InChI=1S/C15H16N4O2/c1-15(2,3)9-7-5-4-6-8(9)11-16-10-12(17-11)18-14(21)19-13(10)20/h4-7H,1-3H3,(H3,16,17,18,19,20,21). The lowest BCUT2D eigenvalue weighted by molar-refractivity contribution is 0.591. The molecular weight excluding hydrogens is 268 g/mol. The van der Waals surface area contributed by atoms with Gasteiger partial charge < -0.3 is 4.98 Å². The Morgan fingerprint density at radius 2 is 1.71 bits per heavy atom. The van der Waals surface area contributed by atoms with Crippen molar-refractivity contribution in [1.82, 2.24) is 19.9 Å². The zero-order valence-corrected chi connectivity index (χ0v) is 12.1. The Labute approximate surface area is 120 Å². The van der Waals surface area contributed by atoms with Crippen molar-refractivity contribution in [3.63, 3.8) is 0 Å². The van der Waals surface area contributed by atoms with Crippen LogP contribution >= 0.6 is 0 Å². The number of hydrogen-bond acceptors (Lipinski definition) is 3. The normalized spacial score (nSPS) is 12.0. The summed E-state index contributed by atoms with van der Waals surface area (Å²) in [7, 11) is 0. The van der Waals surface area contributed by atoms with Gasteiger partial charge in [-0.15, -0.1) is 0 Å². The van der Waals surface area contributed by atoms with Crippen LogP contribution in [0.3, 0.4) is 0 Å². The third kappa shape index (κ3) is 2.29. The van der Waals surface area contributed by atoms with Gasteiger partial charge in [-0.1, -0.05) is 45.0 Å². The van der Waals surface area contributed by atoms with Crippen molar-refractivity contribution in [3.8, 4) is 11.4 Å². The number of aromatic nitrogens is 4. The molecule has 0 atom stereocenters. The van der Waals surface area contributed by atoms with E-state index < -0.39 is 11.2 Å². The Morgan fingerprint density at radius 1 is 1.00 bits per heavy atom. The van der Waals surface area contributed by atoms with Gasteiger partial charge in [0.05, 0.1) is 0 Å². The summed E-state index contributed by atoms with van der Waals surface area (Å²) < 4.78 is 0. The molecule has 3 aromatic rings. The van der Waals surface area contributed by atoms with Crippen LogP contribution in [0.4, 0.5) is 0 Å². The summed E-state index contributed by atoms with van der Waals surface area (Å²) in [6.45, 7) is 6.34. The SMILES string of the molecule is CC(C)(C)c1ccccc1-c1nc2[nH]c(=O)[nH]c(=O)c2[nH]1. The van der Waals surface area contributed by atoms with Crippen molar-refractivity contribution >= 4 is 11.2 Å². The molecule has 21 heavy (non-hydrogen) atoms.